The van der Waals surface area contributed by atoms with Crippen LogP contribution in [-0.2, 0) is 4.79 Å². The fraction of sp³-hybridized carbons (Fsp3) is 0.400. The average molecular weight is 140 g/mol. The number of rotatable bonds is 0. The van der Waals surface area contributed by atoms with Crippen LogP contribution in [0.5, 0.6) is 0 Å². The SMILES string of the molecule is CC1=NC(=N)C(N)C(=O)N1. The molecule has 10 heavy (non-hydrogen) atoms. The Morgan fingerprint density at radius 2 is 2.40 bits per heavy atom. The molecule has 0 radical (unpaired) electrons. The second-order valence-electron chi connectivity index (χ2n) is 2.05. The van der Waals surface area contributed by atoms with Gasteiger partial charge in [-0.05, 0) is 6.92 Å². The molecule has 1 rings (SSSR count). The second-order valence-corrected chi connectivity index (χ2v) is 2.05. The lowest BCUT2D eigenvalue weighted by Crippen LogP contribution is -2.50. The van der Waals surface area contributed by atoms with Gasteiger partial charge in [-0.1, -0.05) is 0 Å². The van der Waals surface area contributed by atoms with Crippen molar-refractivity contribution in [1.82, 2.24) is 5.32 Å². The smallest absolute Gasteiger partial charge is 0.250 e. The van der Waals surface area contributed by atoms with Gasteiger partial charge in [0.2, 0.25) is 5.91 Å². The fourth-order valence-corrected chi connectivity index (χ4v) is 0.658. The molecule has 0 aromatic heterocycles. The predicted molar refractivity (Wildman–Crippen MR) is 37.0 cm³/mol. The van der Waals surface area contributed by atoms with Gasteiger partial charge in [0.1, 0.15) is 17.7 Å². The van der Waals surface area contributed by atoms with Crippen molar-refractivity contribution in [1.29, 1.82) is 5.41 Å². The minimum Gasteiger partial charge on any atom is -0.314 e. The molecule has 0 aromatic carbocycles. The quantitative estimate of drug-likeness (QED) is 0.396. The molecule has 1 atom stereocenters. The van der Waals surface area contributed by atoms with E-state index in [1.807, 2.05) is 0 Å². The minimum atomic E-state index is -0.899. The normalized spacial score (nSPS) is 25.8. The summed E-state index contributed by atoms with van der Waals surface area (Å²) < 4.78 is 0. The zero-order valence-electron chi connectivity index (χ0n) is 5.51. The van der Waals surface area contributed by atoms with Crippen molar-refractivity contribution in [2.24, 2.45) is 10.7 Å². The Balaban J connectivity index is 2.89. The second kappa shape index (κ2) is 2.18. The third-order valence-corrected chi connectivity index (χ3v) is 1.17. The first-order valence-corrected chi connectivity index (χ1v) is 2.81. The first-order valence-electron chi connectivity index (χ1n) is 2.81. The van der Waals surface area contributed by atoms with E-state index in [1.54, 1.807) is 6.92 Å². The number of carbonyl (C=O) groups excluding carboxylic acids is 1. The molecule has 0 fully saturated rings. The van der Waals surface area contributed by atoms with Crippen molar-refractivity contribution in [3.05, 3.63) is 0 Å². The average Bonchev–Trinajstić information content (AvgIpc) is 1.82. The Morgan fingerprint density at radius 1 is 1.80 bits per heavy atom. The molecular formula is C5H8N4O. The number of amidine groups is 2. The van der Waals surface area contributed by atoms with E-state index in [9.17, 15) is 4.79 Å². The highest BCUT2D eigenvalue weighted by Gasteiger charge is 2.22. The minimum absolute atomic E-state index is 0.0822. The molecule has 0 aromatic rings. The molecule has 4 N–H and O–H groups in total. The summed E-state index contributed by atoms with van der Waals surface area (Å²) in [6.45, 7) is 1.61. The standard InChI is InChI=1S/C5H8N4O/c1-2-8-4(7)3(6)5(10)9-2/h3H,6H2,1H3,(H2,7,8,9,10). The van der Waals surface area contributed by atoms with Crippen LogP contribution in [0, 0.1) is 5.41 Å². The number of nitrogens with zero attached hydrogens (tertiary/aromatic N) is 1. The number of carbonyl (C=O) groups is 1. The summed E-state index contributed by atoms with van der Waals surface area (Å²) in [5.74, 6) is -0.0181. The molecule has 0 saturated heterocycles. The van der Waals surface area contributed by atoms with Crippen molar-refractivity contribution < 1.29 is 4.79 Å². The summed E-state index contributed by atoms with van der Waals surface area (Å²) >= 11 is 0. The molecule has 1 heterocycles. The summed E-state index contributed by atoms with van der Waals surface area (Å²) in [7, 11) is 0. The van der Waals surface area contributed by atoms with Gasteiger partial charge < -0.3 is 11.1 Å². The maximum atomic E-state index is 10.8. The number of hydrogen-bond donors (Lipinski definition) is 3. The van der Waals surface area contributed by atoms with E-state index in [2.05, 4.69) is 10.3 Å². The van der Waals surface area contributed by atoms with E-state index in [0.29, 0.717) is 5.84 Å². The molecular weight excluding hydrogens is 132 g/mol. The van der Waals surface area contributed by atoms with Gasteiger partial charge in [0.05, 0.1) is 0 Å². The van der Waals surface area contributed by atoms with Gasteiger partial charge in [-0.3, -0.25) is 10.2 Å². The number of hydrogen-bond acceptors (Lipinski definition) is 3. The Morgan fingerprint density at radius 3 is 2.90 bits per heavy atom. The van der Waals surface area contributed by atoms with E-state index >= 15 is 0 Å². The Hall–Kier alpha value is -1.23. The van der Waals surface area contributed by atoms with E-state index in [-0.39, 0.29) is 11.7 Å². The molecule has 54 valence electrons. The third kappa shape index (κ3) is 1.03. The lowest BCUT2D eigenvalue weighted by Gasteiger charge is -2.15. The summed E-state index contributed by atoms with van der Waals surface area (Å²) in [5.41, 5.74) is 5.24. The van der Waals surface area contributed by atoms with Gasteiger partial charge >= 0.3 is 0 Å². The molecule has 0 spiro atoms. The topological polar surface area (TPSA) is 91.3 Å². The monoisotopic (exact) mass is 140 g/mol. The van der Waals surface area contributed by atoms with Crippen LogP contribution < -0.4 is 11.1 Å². The molecule has 0 aliphatic carbocycles. The van der Waals surface area contributed by atoms with E-state index in [0.717, 1.165) is 0 Å². The maximum absolute atomic E-state index is 10.8. The zero-order valence-corrected chi connectivity index (χ0v) is 5.51. The Kier molecular flexibility index (Phi) is 1.50. The molecule has 1 aliphatic rings. The van der Waals surface area contributed by atoms with E-state index in [1.165, 1.54) is 0 Å². The van der Waals surface area contributed by atoms with Gasteiger partial charge in [-0.15, -0.1) is 0 Å². The van der Waals surface area contributed by atoms with Crippen LogP contribution in [0.15, 0.2) is 4.99 Å². The van der Waals surface area contributed by atoms with Gasteiger partial charge in [-0.2, -0.15) is 0 Å². The first kappa shape index (κ1) is 6.88. The highest BCUT2D eigenvalue weighted by molar-refractivity contribution is 6.18. The molecule has 1 aliphatic heterocycles. The van der Waals surface area contributed by atoms with Crippen LogP contribution in [0.1, 0.15) is 6.92 Å². The van der Waals surface area contributed by atoms with Crippen LogP contribution in [0.3, 0.4) is 0 Å². The van der Waals surface area contributed by atoms with Gasteiger partial charge in [0.25, 0.3) is 0 Å². The maximum Gasteiger partial charge on any atom is 0.250 e. The van der Waals surface area contributed by atoms with Crippen LogP contribution in [0.2, 0.25) is 0 Å². The molecule has 1 amide bonds. The summed E-state index contributed by atoms with van der Waals surface area (Å²) in [6, 6.07) is -0.899. The number of amides is 1. The van der Waals surface area contributed by atoms with Gasteiger partial charge in [-0.25, -0.2) is 4.99 Å². The molecule has 1 unspecified atom stereocenters. The van der Waals surface area contributed by atoms with E-state index in [4.69, 9.17) is 11.1 Å². The lowest BCUT2D eigenvalue weighted by molar-refractivity contribution is -0.119. The van der Waals surface area contributed by atoms with Crippen molar-refractivity contribution >= 4 is 17.6 Å². The molecule has 5 nitrogen and oxygen atoms in total. The van der Waals surface area contributed by atoms with Gasteiger partial charge in [0, 0.05) is 0 Å². The molecule has 0 bridgehead atoms. The lowest BCUT2D eigenvalue weighted by atomic mass is 10.2. The largest absolute Gasteiger partial charge is 0.314 e. The zero-order chi connectivity index (χ0) is 7.72. The van der Waals surface area contributed by atoms with Crippen LogP contribution in [-0.4, -0.2) is 23.6 Å². The highest BCUT2D eigenvalue weighted by atomic mass is 16.2. The molecule has 0 saturated carbocycles. The Bertz CT molecular complexity index is 220. The number of aliphatic imine (C=N–C) groups is 1. The number of nitrogens with one attached hydrogen (secondary N) is 2. The van der Waals surface area contributed by atoms with Crippen molar-refractivity contribution in [3.63, 3.8) is 0 Å². The van der Waals surface area contributed by atoms with Crippen LogP contribution >= 0.6 is 0 Å². The summed E-state index contributed by atoms with van der Waals surface area (Å²) in [6.07, 6.45) is 0. The van der Waals surface area contributed by atoms with Crippen LogP contribution in [0.25, 0.3) is 0 Å². The van der Waals surface area contributed by atoms with Crippen LogP contribution in [0.4, 0.5) is 0 Å². The number of nitrogens with two attached hydrogens (primary N) is 1. The molecule has 5 heteroatoms. The van der Waals surface area contributed by atoms with Gasteiger partial charge in [0.15, 0.2) is 0 Å². The highest BCUT2D eigenvalue weighted by Crippen LogP contribution is 1.92. The van der Waals surface area contributed by atoms with E-state index < -0.39 is 6.04 Å². The summed E-state index contributed by atoms with van der Waals surface area (Å²) in [4.78, 5) is 14.4. The van der Waals surface area contributed by atoms with Crippen molar-refractivity contribution in [2.75, 3.05) is 0 Å². The third-order valence-electron chi connectivity index (χ3n) is 1.17. The van der Waals surface area contributed by atoms with Crippen molar-refractivity contribution in [3.8, 4) is 0 Å². The predicted octanol–water partition coefficient (Wildman–Crippen LogP) is -1.16. The van der Waals surface area contributed by atoms with Crippen molar-refractivity contribution in [2.45, 2.75) is 13.0 Å². The Labute approximate surface area is 57.8 Å². The fourth-order valence-electron chi connectivity index (χ4n) is 0.658. The summed E-state index contributed by atoms with van der Waals surface area (Å²) in [5, 5.41) is 9.49. The first-order chi connectivity index (χ1) is 4.61.